The lowest BCUT2D eigenvalue weighted by molar-refractivity contribution is -0.136. The lowest BCUT2D eigenvalue weighted by Gasteiger charge is -1.97. The van der Waals surface area contributed by atoms with E-state index in [0.717, 1.165) is 0 Å². The smallest absolute Gasteiger partial charge is 0.360 e. The van der Waals surface area contributed by atoms with E-state index in [0.29, 0.717) is 0 Å². The predicted molar refractivity (Wildman–Crippen MR) is 31.4 cm³/mol. The van der Waals surface area contributed by atoms with E-state index in [9.17, 15) is 4.79 Å². The van der Waals surface area contributed by atoms with Crippen LogP contribution in [0.15, 0.2) is 0 Å². The monoisotopic (exact) mass is 166 g/mol. The van der Waals surface area contributed by atoms with Gasteiger partial charge in [0, 0.05) is 0 Å². The van der Waals surface area contributed by atoms with E-state index in [1.54, 1.807) is 0 Å². The topological polar surface area (TPSA) is 65.0 Å². The Bertz CT molecular complexity index is 110. The number of carboxylic acid groups (broad SMARTS) is 1. The summed E-state index contributed by atoms with van der Waals surface area (Å²) in [6.45, 7) is 0. The average molecular weight is 166 g/mol. The number of hydrogen-bond acceptors (Lipinski definition) is 4. The molecular weight excluding hydrogens is 160 g/mol. The molecule has 1 unspecified atom stereocenters. The molecule has 1 aliphatic rings. The van der Waals surface area contributed by atoms with Crippen molar-refractivity contribution in [1.82, 2.24) is 0 Å². The predicted octanol–water partition coefficient (Wildman–Crippen LogP) is -1.73. The van der Waals surface area contributed by atoms with Gasteiger partial charge in [-0.3, -0.25) is 13.9 Å². The summed E-state index contributed by atoms with van der Waals surface area (Å²) in [4.78, 5) is 9.99. The van der Waals surface area contributed by atoms with Crippen LogP contribution in [0.2, 0.25) is 6.04 Å². The molecule has 1 aliphatic heterocycles. The highest BCUT2D eigenvalue weighted by Crippen LogP contribution is 2.02. The fourth-order valence-electron chi connectivity index (χ4n) is 0.471. The molecule has 1 atom stereocenters. The molecule has 1 N–H and O–H groups in total. The molecule has 0 amide bonds. The van der Waals surface area contributed by atoms with Crippen molar-refractivity contribution in [2.45, 2.75) is 6.04 Å². The third-order valence-electron chi connectivity index (χ3n) is 0.819. The maximum absolute atomic E-state index is 9.99. The fraction of sp³-hybridized carbons (Fsp3) is 0.500. The van der Waals surface area contributed by atoms with Gasteiger partial charge in [-0.2, -0.15) is 0 Å². The lowest BCUT2D eigenvalue weighted by Crippen LogP contribution is -2.18. The quantitative estimate of drug-likeness (QED) is 0.390. The van der Waals surface area contributed by atoms with E-state index in [2.05, 4.69) is 9.15 Å². The van der Waals surface area contributed by atoms with Gasteiger partial charge in [-0.15, -0.1) is 0 Å². The molecule has 0 spiro atoms. The first-order valence-electron chi connectivity index (χ1n) is 2.40. The minimum absolute atomic E-state index is 0.00694. The van der Waals surface area contributed by atoms with Crippen LogP contribution in [0.4, 0.5) is 0 Å². The zero-order valence-corrected chi connectivity index (χ0v) is 7.14. The summed E-state index contributed by atoms with van der Waals surface area (Å²) in [5.74, 6) is -0.883. The molecule has 1 rings (SSSR count). The highest BCUT2D eigenvalue weighted by Gasteiger charge is 2.24. The standard InChI is InChI=1S/C2H6O5Si2/c3-2(4)1-9-6-5-8-7-9/h9H,1,8H2,(H,3,4). The van der Waals surface area contributed by atoms with Gasteiger partial charge in [-0.25, -0.2) is 0 Å². The first-order valence-corrected chi connectivity index (χ1v) is 5.32. The lowest BCUT2D eigenvalue weighted by atomic mass is 10.8. The van der Waals surface area contributed by atoms with Crippen molar-refractivity contribution in [3.05, 3.63) is 0 Å². The first-order chi connectivity index (χ1) is 4.29. The van der Waals surface area contributed by atoms with Gasteiger partial charge < -0.3 is 9.22 Å². The summed E-state index contributed by atoms with van der Waals surface area (Å²) < 4.78 is 14.0. The van der Waals surface area contributed by atoms with Crippen LogP contribution in [0.25, 0.3) is 0 Å². The van der Waals surface area contributed by atoms with Gasteiger partial charge in [0.1, 0.15) is 0 Å². The van der Waals surface area contributed by atoms with E-state index in [4.69, 9.17) is 9.22 Å². The Morgan fingerprint density at radius 3 is 3.00 bits per heavy atom. The molecule has 0 aromatic rings. The largest absolute Gasteiger partial charge is 0.481 e. The second kappa shape index (κ2) is 3.08. The zero-order valence-electron chi connectivity index (χ0n) is 4.57. The second-order valence-electron chi connectivity index (χ2n) is 1.53. The summed E-state index contributed by atoms with van der Waals surface area (Å²) in [6, 6.07) is -0.00694. The minimum Gasteiger partial charge on any atom is -0.481 e. The number of carbonyl (C=O) groups is 1. The van der Waals surface area contributed by atoms with Gasteiger partial charge in [0.2, 0.25) is 0 Å². The van der Waals surface area contributed by atoms with Crippen molar-refractivity contribution in [1.29, 1.82) is 0 Å². The molecule has 5 nitrogen and oxygen atoms in total. The number of rotatable bonds is 2. The van der Waals surface area contributed by atoms with E-state index in [1.165, 1.54) is 0 Å². The van der Waals surface area contributed by atoms with Gasteiger partial charge >= 0.3 is 25.3 Å². The molecule has 9 heavy (non-hydrogen) atoms. The van der Waals surface area contributed by atoms with Gasteiger partial charge in [-0.1, -0.05) is 0 Å². The molecule has 0 aromatic carbocycles. The third-order valence-corrected chi connectivity index (χ3v) is 4.39. The molecule has 0 radical (unpaired) electrons. The van der Waals surface area contributed by atoms with Crippen LogP contribution >= 0.6 is 0 Å². The molecule has 1 saturated heterocycles. The summed E-state index contributed by atoms with van der Waals surface area (Å²) in [6.07, 6.45) is 0. The molecule has 0 bridgehead atoms. The van der Waals surface area contributed by atoms with Crippen molar-refractivity contribution in [3.8, 4) is 0 Å². The van der Waals surface area contributed by atoms with Crippen molar-refractivity contribution < 1.29 is 23.2 Å². The number of carboxylic acids is 1. The second-order valence-corrected chi connectivity index (χ2v) is 4.79. The SMILES string of the molecule is O=C(O)C[SiH]1OO[SiH2]O1. The Morgan fingerprint density at radius 2 is 2.56 bits per heavy atom. The maximum Gasteiger partial charge on any atom is 0.360 e. The third kappa shape index (κ3) is 2.24. The van der Waals surface area contributed by atoms with Crippen LogP contribution in [0.3, 0.4) is 0 Å². The van der Waals surface area contributed by atoms with Crippen molar-refractivity contribution in [3.63, 3.8) is 0 Å². The van der Waals surface area contributed by atoms with Gasteiger partial charge in [0.05, 0.1) is 6.04 Å². The molecule has 0 saturated carbocycles. The number of aliphatic carboxylic acids is 1. The van der Waals surface area contributed by atoms with Gasteiger partial charge in [-0.05, 0) is 0 Å². The van der Waals surface area contributed by atoms with Crippen molar-refractivity contribution in [2.24, 2.45) is 0 Å². The fourth-order valence-corrected chi connectivity index (χ4v) is 3.18. The van der Waals surface area contributed by atoms with E-state index >= 15 is 0 Å². The molecule has 7 heteroatoms. The summed E-state index contributed by atoms with van der Waals surface area (Å²) >= 11 is 0. The number of hydrogen-bond donors (Lipinski definition) is 1. The van der Waals surface area contributed by atoms with Crippen LogP contribution in [-0.4, -0.2) is 30.4 Å². The Kier molecular flexibility index (Phi) is 2.36. The van der Waals surface area contributed by atoms with Crippen molar-refractivity contribution in [2.75, 3.05) is 0 Å². The summed E-state index contributed by atoms with van der Waals surface area (Å²) in [5, 5.41) is 8.21. The molecule has 1 heterocycles. The van der Waals surface area contributed by atoms with Crippen LogP contribution in [0, 0.1) is 0 Å². The molecule has 1 fully saturated rings. The van der Waals surface area contributed by atoms with E-state index < -0.39 is 25.3 Å². The van der Waals surface area contributed by atoms with Crippen LogP contribution in [0.1, 0.15) is 0 Å². The first kappa shape index (κ1) is 6.90. The maximum atomic E-state index is 9.99. The van der Waals surface area contributed by atoms with E-state index in [-0.39, 0.29) is 6.04 Å². The zero-order chi connectivity index (χ0) is 6.69. The Morgan fingerprint density at radius 1 is 1.78 bits per heavy atom. The molecule has 52 valence electrons. The van der Waals surface area contributed by atoms with Crippen LogP contribution < -0.4 is 0 Å². The van der Waals surface area contributed by atoms with Crippen LogP contribution in [-0.2, 0) is 18.1 Å². The Balaban J connectivity index is 2.19. The normalized spacial score (nSPS) is 29.1. The molecule has 0 aromatic heterocycles. The molecular formula is C2H6O5Si2. The molecule has 0 aliphatic carbocycles. The summed E-state index contributed by atoms with van der Waals surface area (Å²) in [5.41, 5.74) is 0. The average Bonchev–Trinajstić information content (AvgIpc) is 2.15. The van der Waals surface area contributed by atoms with Crippen LogP contribution in [0.5, 0.6) is 0 Å². The highest BCUT2D eigenvalue weighted by molar-refractivity contribution is 6.56. The van der Waals surface area contributed by atoms with Gasteiger partial charge in [0.15, 0.2) is 0 Å². The Hall–Kier alpha value is -0.216. The highest BCUT2D eigenvalue weighted by atomic mass is 28.4. The minimum atomic E-state index is -1.90. The van der Waals surface area contributed by atoms with Gasteiger partial charge in [0.25, 0.3) is 0 Å². The van der Waals surface area contributed by atoms with E-state index in [1.807, 2.05) is 0 Å². The Labute approximate surface area is 55.4 Å². The summed E-state index contributed by atoms with van der Waals surface area (Å²) in [7, 11) is -2.87. The van der Waals surface area contributed by atoms with Crippen molar-refractivity contribution >= 4 is 25.3 Å².